The highest BCUT2D eigenvalue weighted by Gasteiger charge is 2.10. The molecule has 20 heavy (non-hydrogen) atoms. The van der Waals surface area contributed by atoms with Crippen molar-refractivity contribution in [2.45, 2.75) is 19.9 Å². The van der Waals surface area contributed by atoms with Crippen molar-refractivity contribution < 1.29 is 4.39 Å². The lowest BCUT2D eigenvalue weighted by atomic mass is 10.1. The first-order valence-electron chi connectivity index (χ1n) is 6.64. The fourth-order valence-corrected chi connectivity index (χ4v) is 2.37. The maximum absolute atomic E-state index is 13.1. The van der Waals surface area contributed by atoms with Gasteiger partial charge in [0.25, 0.3) is 0 Å². The van der Waals surface area contributed by atoms with Gasteiger partial charge in [0, 0.05) is 29.5 Å². The van der Waals surface area contributed by atoms with E-state index in [-0.39, 0.29) is 5.82 Å². The number of halogens is 2. The molecule has 0 saturated carbocycles. The van der Waals surface area contributed by atoms with Crippen LogP contribution < -0.4 is 10.6 Å². The fourth-order valence-electron chi connectivity index (χ4n) is 2.15. The van der Waals surface area contributed by atoms with Crippen LogP contribution >= 0.6 is 11.6 Å². The summed E-state index contributed by atoms with van der Waals surface area (Å²) < 4.78 is 13.1. The van der Waals surface area contributed by atoms with Crippen LogP contribution in [-0.2, 0) is 6.54 Å². The molecule has 0 aliphatic heterocycles. The average Bonchev–Trinajstić information content (AvgIpc) is 2.41. The SMILES string of the molecule is CCCN(Cc1ccc(F)cc1Cl)c1cccc(N)c1. The average molecular weight is 293 g/mol. The van der Waals surface area contributed by atoms with E-state index in [0.717, 1.165) is 29.9 Å². The van der Waals surface area contributed by atoms with Gasteiger partial charge in [-0.3, -0.25) is 0 Å². The maximum atomic E-state index is 13.1. The molecule has 0 unspecified atom stereocenters. The van der Waals surface area contributed by atoms with Crippen molar-refractivity contribution in [3.05, 3.63) is 58.9 Å². The van der Waals surface area contributed by atoms with Crippen LogP contribution in [0.15, 0.2) is 42.5 Å². The van der Waals surface area contributed by atoms with Crippen LogP contribution in [0.25, 0.3) is 0 Å². The maximum Gasteiger partial charge on any atom is 0.124 e. The van der Waals surface area contributed by atoms with E-state index in [1.807, 2.05) is 24.3 Å². The van der Waals surface area contributed by atoms with E-state index in [1.165, 1.54) is 12.1 Å². The minimum Gasteiger partial charge on any atom is -0.399 e. The molecule has 0 saturated heterocycles. The first-order valence-corrected chi connectivity index (χ1v) is 7.02. The molecule has 0 atom stereocenters. The Morgan fingerprint density at radius 1 is 1.20 bits per heavy atom. The number of hydrogen-bond acceptors (Lipinski definition) is 2. The lowest BCUT2D eigenvalue weighted by Crippen LogP contribution is -2.23. The fraction of sp³-hybridized carbons (Fsp3) is 0.250. The Morgan fingerprint density at radius 3 is 2.65 bits per heavy atom. The number of hydrogen-bond donors (Lipinski definition) is 1. The number of benzene rings is 2. The number of anilines is 2. The molecule has 4 heteroatoms. The third-order valence-corrected chi connectivity index (χ3v) is 3.46. The zero-order chi connectivity index (χ0) is 14.5. The molecule has 0 radical (unpaired) electrons. The molecule has 2 aromatic carbocycles. The van der Waals surface area contributed by atoms with E-state index in [4.69, 9.17) is 17.3 Å². The standard InChI is InChI=1S/C16H18ClFN2/c1-2-8-20(15-5-3-4-14(19)10-15)11-12-6-7-13(18)9-16(12)17/h3-7,9-10H,2,8,11,19H2,1H3. The predicted octanol–water partition coefficient (Wildman–Crippen LogP) is 4.48. The molecule has 0 aliphatic rings. The van der Waals surface area contributed by atoms with E-state index in [2.05, 4.69) is 11.8 Å². The summed E-state index contributed by atoms with van der Waals surface area (Å²) in [7, 11) is 0. The van der Waals surface area contributed by atoms with Crippen LogP contribution in [0.4, 0.5) is 15.8 Å². The minimum absolute atomic E-state index is 0.315. The molecule has 2 nitrogen and oxygen atoms in total. The van der Waals surface area contributed by atoms with Crippen LogP contribution in [-0.4, -0.2) is 6.54 Å². The Bertz CT molecular complexity index is 586. The van der Waals surface area contributed by atoms with Gasteiger partial charge < -0.3 is 10.6 Å². The van der Waals surface area contributed by atoms with Gasteiger partial charge in [-0.15, -0.1) is 0 Å². The molecule has 2 aromatic rings. The molecule has 106 valence electrons. The highest BCUT2D eigenvalue weighted by Crippen LogP contribution is 2.24. The van der Waals surface area contributed by atoms with Gasteiger partial charge in [0.05, 0.1) is 0 Å². The van der Waals surface area contributed by atoms with Crippen molar-refractivity contribution >= 4 is 23.0 Å². The minimum atomic E-state index is -0.315. The third kappa shape index (κ3) is 3.64. The van der Waals surface area contributed by atoms with E-state index >= 15 is 0 Å². The number of nitrogens with two attached hydrogens (primary N) is 1. The first kappa shape index (κ1) is 14.7. The summed E-state index contributed by atoms with van der Waals surface area (Å²) in [4.78, 5) is 2.19. The van der Waals surface area contributed by atoms with Crippen LogP contribution in [0.5, 0.6) is 0 Å². The van der Waals surface area contributed by atoms with Gasteiger partial charge in [0.1, 0.15) is 5.82 Å². The summed E-state index contributed by atoms with van der Waals surface area (Å²) in [5.74, 6) is -0.315. The Labute approximate surface area is 124 Å². The van der Waals surface area contributed by atoms with E-state index in [1.54, 1.807) is 6.07 Å². The van der Waals surface area contributed by atoms with Crippen molar-refractivity contribution in [2.24, 2.45) is 0 Å². The monoisotopic (exact) mass is 292 g/mol. The number of nitrogen functional groups attached to an aromatic ring is 1. The quantitative estimate of drug-likeness (QED) is 0.823. The smallest absolute Gasteiger partial charge is 0.124 e. The highest BCUT2D eigenvalue weighted by molar-refractivity contribution is 6.31. The molecule has 2 N–H and O–H groups in total. The van der Waals surface area contributed by atoms with Crippen molar-refractivity contribution in [1.29, 1.82) is 0 Å². The summed E-state index contributed by atoms with van der Waals surface area (Å²) in [5.41, 5.74) is 8.52. The molecular weight excluding hydrogens is 275 g/mol. The Kier molecular flexibility index (Phi) is 4.85. The van der Waals surface area contributed by atoms with Crippen molar-refractivity contribution in [3.8, 4) is 0 Å². The molecule has 0 heterocycles. The van der Waals surface area contributed by atoms with Gasteiger partial charge in [-0.2, -0.15) is 0 Å². The van der Waals surface area contributed by atoms with Gasteiger partial charge in [-0.05, 0) is 42.3 Å². The Morgan fingerprint density at radius 2 is 2.00 bits per heavy atom. The second-order valence-corrected chi connectivity index (χ2v) is 5.16. The van der Waals surface area contributed by atoms with Crippen LogP contribution in [0, 0.1) is 5.82 Å². The Hall–Kier alpha value is -1.74. The molecule has 0 bridgehead atoms. The summed E-state index contributed by atoms with van der Waals surface area (Å²) >= 11 is 6.10. The lowest BCUT2D eigenvalue weighted by Gasteiger charge is -2.25. The molecule has 0 spiro atoms. The van der Waals surface area contributed by atoms with Crippen molar-refractivity contribution in [2.75, 3.05) is 17.2 Å². The van der Waals surface area contributed by atoms with E-state index in [9.17, 15) is 4.39 Å². The topological polar surface area (TPSA) is 29.3 Å². The molecule has 0 aliphatic carbocycles. The largest absolute Gasteiger partial charge is 0.399 e. The van der Waals surface area contributed by atoms with Crippen molar-refractivity contribution in [1.82, 2.24) is 0 Å². The summed E-state index contributed by atoms with van der Waals surface area (Å²) in [6, 6.07) is 12.3. The first-order chi connectivity index (χ1) is 9.60. The second-order valence-electron chi connectivity index (χ2n) is 4.75. The number of rotatable bonds is 5. The van der Waals surface area contributed by atoms with Crippen LogP contribution in [0.1, 0.15) is 18.9 Å². The zero-order valence-electron chi connectivity index (χ0n) is 11.4. The zero-order valence-corrected chi connectivity index (χ0v) is 12.2. The molecule has 0 amide bonds. The highest BCUT2D eigenvalue weighted by atomic mass is 35.5. The lowest BCUT2D eigenvalue weighted by molar-refractivity contribution is 0.626. The normalized spacial score (nSPS) is 10.6. The van der Waals surface area contributed by atoms with E-state index in [0.29, 0.717) is 11.6 Å². The molecule has 2 rings (SSSR count). The Balaban J connectivity index is 2.25. The molecule has 0 fully saturated rings. The summed E-state index contributed by atoms with van der Waals surface area (Å²) in [6.45, 7) is 3.64. The molecular formula is C16H18ClFN2. The van der Waals surface area contributed by atoms with Gasteiger partial charge in [0.2, 0.25) is 0 Å². The molecule has 0 aromatic heterocycles. The summed E-state index contributed by atoms with van der Waals surface area (Å²) in [5, 5.41) is 0.454. The number of nitrogens with zero attached hydrogens (tertiary/aromatic N) is 1. The van der Waals surface area contributed by atoms with Crippen LogP contribution in [0.3, 0.4) is 0 Å². The van der Waals surface area contributed by atoms with Gasteiger partial charge in [0.15, 0.2) is 0 Å². The van der Waals surface area contributed by atoms with Crippen LogP contribution in [0.2, 0.25) is 5.02 Å². The predicted molar refractivity (Wildman–Crippen MR) is 83.6 cm³/mol. The third-order valence-electron chi connectivity index (χ3n) is 3.11. The second kappa shape index (κ2) is 6.62. The van der Waals surface area contributed by atoms with Gasteiger partial charge in [-0.1, -0.05) is 30.7 Å². The van der Waals surface area contributed by atoms with E-state index < -0.39 is 0 Å². The summed E-state index contributed by atoms with van der Waals surface area (Å²) in [6.07, 6.45) is 1.01. The van der Waals surface area contributed by atoms with Crippen molar-refractivity contribution in [3.63, 3.8) is 0 Å². The van der Waals surface area contributed by atoms with Gasteiger partial charge in [-0.25, -0.2) is 4.39 Å². The van der Waals surface area contributed by atoms with Gasteiger partial charge >= 0.3 is 0 Å².